The number of fused-ring (bicyclic) bond motifs is 1. The van der Waals surface area contributed by atoms with Gasteiger partial charge in [0.2, 0.25) is 0 Å². The number of phenols is 1. The average molecular weight is 266 g/mol. The summed E-state index contributed by atoms with van der Waals surface area (Å²) in [5.74, 6) is 0.320. The van der Waals surface area contributed by atoms with Crippen molar-refractivity contribution >= 4 is 16.6 Å². The number of nitrogens with two attached hydrogens (primary N) is 1. The minimum Gasteiger partial charge on any atom is -0.508 e. The summed E-state index contributed by atoms with van der Waals surface area (Å²) < 4.78 is 2.24. The van der Waals surface area contributed by atoms with Gasteiger partial charge >= 0.3 is 0 Å². The maximum absolute atomic E-state index is 9.26. The molecule has 0 saturated heterocycles. The summed E-state index contributed by atoms with van der Waals surface area (Å²) in [6.45, 7) is 0.966. The zero-order valence-corrected chi connectivity index (χ0v) is 11.3. The van der Waals surface area contributed by atoms with Crippen LogP contribution in [0.4, 0.5) is 5.69 Å². The van der Waals surface area contributed by atoms with Gasteiger partial charge in [-0.2, -0.15) is 0 Å². The summed E-state index contributed by atoms with van der Waals surface area (Å²) in [4.78, 5) is 0. The van der Waals surface area contributed by atoms with Crippen LogP contribution in [0.5, 0.6) is 5.75 Å². The molecule has 0 spiro atoms. The third kappa shape index (κ3) is 2.48. The topological polar surface area (TPSA) is 51.2 Å². The van der Waals surface area contributed by atoms with Crippen LogP contribution in [0.1, 0.15) is 12.0 Å². The number of aromatic hydroxyl groups is 1. The number of phenolic OH excluding ortho intramolecular Hbond substituents is 1. The molecule has 3 aromatic rings. The van der Waals surface area contributed by atoms with Gasteiger partial charge in [-0.3, -0.25) is 0 Å². The van der Waals surface area contributed by atoms with Crippen molar-refractivity contribution < 1.29 is 5.11 Å². The lowest BCUT2D eigenvalue weighted by atomic mass is 10.1. The van der Waals surface area contributed by atoms with E-state index in [2.05, 4.69) is 22.9 Å². The molecule has 0 unspecified atom stereocenters. The summed E-state index contributed by atoms with van der Waals surface area (Å²) in [7, 11) is 0. The summed E-state index contributed by atoms with van der Waals surface area (Å²) >= 11 is 0. The van der Waals surface area contributed by atoms with Gasteiger partial charge in [0.1, 0.15) is 5.75 Å². The van der Waals surface area contributed by atoms with Crippen molar-refractivity contribution in [2.24, 2.45) is 0 Å². The monoisotopic (exact) mass is 266 g/mol. The zero-order valence-electron chi connectivity index (χ0n) is 11.3. The molecule has 3 N–H and O–H groups in total. The van der Waals surface area contributed by atoms with Crippen LogP contribution < -0.4 is 5.73 Å². The second kappa shape index (κ2) is 5.29. The minimum atomic E-state index is 0.320. The zero-order chi connectivity index (χ0) is 13.9. The molecule has 0 bridgehead atoms. The Morgan fingerprint density at radius 1 is 1.00 bits per heavy atom. The minimum absolute atomic E-state index is 0.320. The number of nitrogens with zero attached hydrogens (tertiary/aromatic N) is 1. The molecule has 3 nitrogen and oxygen atoms in total. The molecular weight excluding hydrogens is 248 g/mol. The molecule has 3 rings (SSSR count). The normalized spacial score (nSPS) is 11.0. The third-order valence-electron chi connectivity index (χ3n) is 3.65. The van der Waals surface area contributed by atoms with Crippen molar-refractivity contribution in [3.05, 3.63) is 60.3 Å². The fraction of sp³-hybridized carbons (Fsp3) is 0.176. The van der Waals surface area contributed by atoms with Crippen molar-refractivity contribution in [2.75, 3.05) is 5.73 Å². The number of nitrogen functional groups attached to an aromatic ring is 1. The summed E-state index contributed by atoms with van der Waals surface area (Å²) in [6.07, 6.45) is 4.16. The van der Waals surface area contributed by atoms with E-state index in [9.17, 15) is 5.11 Å². The van der Waals surface area contributed by atoms with Crippen LogP contribution in [-0.2, 0) is 13.0 Å². The molecule has 3 heteroatoms. The first-order valence-corrected chi connectivity index (χ1v) is 6.85. The van der Waals surface area contributed by atoms with Crippen LogP contribution in [0.15, 0.2) is 54.7 Å². The molecule has 0 aliphatic heterocycles. The number of aryl methyl sites for hydroxylation is 2. The van der Waals surface area contributed by atoms with E-state index < -0.39 is 0 Å². The maximum Gasteiger partial charge on any atom is 0.115 e. The quantitative estimate of drug-likeness (QED) is 0.709. The number of hydrogen-bond acceptors (Lipinski definition) is 2. The Bertz CT molecular complexity index is 713. The van der Waals surface area contributed by atoms with Crippen LogP contribution >= 0.6 is 0 Å². The van der Waals surface area contributed by atoms with Crippen LogP contribution in [0.2, 0.25) is 0 Å². The van der Waals surface area contributed by atoms with E-state index in [-0.39, 0.29) is 0 Å². The number of anilines is 1. The van der Waals surface area contributed by atoms with Gasteiger partial charge in [-0.1, -0.05) is 18.2 Å². The molecular formula is C17H18N2O. The van der Waals surface area contributed by atoms with E-state index >= 15 is 0 Å². The van der Waals surface area contributed by atoms with Crippen LogP contribution in [-0.4, -0.2) is 9.67 Å². The summed E-state index contributed by atoms with van der Waals surface area (Å²) in [5.41, 5.74) is 9.24. The SMILES string of the molecule is Nc1cccc2c1ccn2CCCc1ccc(O)cc1. The van der Waals surface area contributed by atoms with E-state index in [0.717, 1.165) is 30.5 Å². The second-order valence-electron chi connectivity index (χ2n) is 5.06. The molecule has 0 fully saturated rings. The predicted molar refractivity (Wildman–Crippen MR) is 82.8 cm³/mol. The molecule has 0 amide bonds. The van der Waals surface area contributed by atoms with E-state index in [1.54, 1.807) is 12.1 Å². The molecule has 1 aromatic heterocycles. The highest BCUT2D eigenvalue weighted by atomic mass is 16.3. The lowest BCUT2D eigenvalue weighted by Gasteiger charge is -2.06. The standard InChI is InChI=1S/C17H18N2O/c18-16-4-1-5-17-15(16)10-12-19(17)11-2-3-13-6-8-14(20)9-7-13/h1,4-10,12,20H,2-3,11,18H2. The van der Waals surface area contributed by atoms with Gasteiger partial charge < -0.3 is 15.4 Å². The Hall–Kier alpha value is -2.42. The first-order chi connectivity index (χ1) is 9.74. The van der Waals surface area contributed by atoms with Crippen molar-refractivity contribution in [3.63, 3.8) is 0 Å². The molecule has 102 valence electrons. The van der Waals surface area contributed by atoms with Crippen molar-refractivity contribution in [3.8, 4) is 5.75 Å². The van der Waals surface area contributed by atoms with Gasteiger partial charge in [-0.05, 0) is 48.7 Å². The van der Waals surface area contributed by atoms with Gasteiger partial charge in [-0.25, -0.2) is 0 Å². The van der Waals surface area contributed by atoms with Crippen LogP contribution in [0, 0.1) is 0 Å². The number of hydrogen-bond donors (Lipinski definition) is 2. The Kier molecular flexibility index (Phi) is 3.33. The van der Waals surface area contributed by atoms with Gasteiger partial charge in [0, 0.05) is 23.8 Å². The highest BCUT2D eigenvalue weighted by Crippen LogP contribution is 2.22. The first kappa shape index (κ1) is 12.6. The Morgan fingerprint density at radius 2 is 1.80 bits per heavy atom. The molecule has 2 aromatic carbocycles. The largest absolute Gasteiger partial charge is 0.508 e. The van der Waals surface area contributed by atoms with Crippen LogP contribution in [0.25, 0.3) is 10.9 Å². The first-order valence-electron chi connectivity index (χ1n) is 6.85. The molecule has 1 heterocycles. The molecule has 0 atom stereocenters. The maximum atomic E-state index is 9.26. The molecule has 0 aliphatic rings. The Morgan fingerprint density at radius 3 is 2.60 bits per heavy atom. The number of rotatable bonds is 4. The Balaban J connectivity index is 1.68. The summed E-state index contributed by atoms with van der Waals surface area (Å²) in [6, 6.07) is 15.5. The van der Waals surface area contributed by atoms with Crippen molar-refractivity contribution in [1.29, 1.82) is 0 Å². The molecule has 0 aliphatic carbocycles. The summed E-state index contributed by atoms with van der Waals surface area (Å²) in [5, 5.41) is 10.4. The van der Waals surface area contributed by atoms with Crippen LogP contribution in [0.3, 0.4) is 0 Å². The second-order valence-corrected chi connectivity index (χ2v) is 5.06. The smallest absolute Gasteiger partial charge is 0.115 e. The van der Waals surface area contributed by atoms with E-state index in [4.69, 9.17) is 5.73 Å². The van der Waals surface area contributed by atoms with Crippen molar-refractivity contribution in [2.45, 2.75) is 19.4 Å². The van der Waals surface area contributed by atoms with Gasteiger partial charge in [0.25, 0.3) is 0 Å². The van der Waals surface area contributed by atoms with E-state index in [0.29, 0.717) is 5.75 Å². The Labute approximate surface area is 118 Å². The fourth-order valence-electron chi connectivity index (χ4n) is 2.56. The number of aromatic nitrogens is 1. The van der Waals surface area contributed by atoms with E-state index in [1.807, 2.05) is 24.3 Å². The molecule has 0 radical (unpaired) electrons. The van der Waals surface area contributed by atoms with Gasteiger partial charge in [-0.15, -0.1) is 0 Å². The van der Waals surface area contributed by atoms with Gasteiger partial charge in [0.15, 0.2) is 0 Å². The highest BCUT2D eigenvalue weighted by Gasteiger charge is 2.03. The fourth-order valence-corrected chi connectivity index (χ4v) is 2.56. The predicted octanol–water partition coefficient (Wildman–Crippen LogP) is 3.56. The molecule has 0 saturated carbocycles. The highest BCUT2D eigenvalue weighted by molar-refractivity contribution is 5.91. The molecule has 20 heavy (non-hydrogen) atoms. The van der Waals surface area contributed by atoms with Gasteiger partial charge in [0.05, 0.1) is 5.52 Å². The average Bonchev–Trinajstić information content (AvgIpc) is 2.86. The third-order valence-corrected chi connectivity index (χ3v) is 3.65. The number of benzene rings is 2. The van der Waals surface area contributed by atoms with E-state index in [1.165, 1.54) is 11.1 Å². The van der Waals surface area contributed by atoms with Crippen molar-refractivity contribution in [1.82, 2.24) is 4.57 Å². The lowest BCUT2D eigenvalue weighted by Crippen LogP contribution is -1.98. The lowest BCUT2D eigenvalue weighted by molar-refractivity contribution is 0.475.